The molecule has 19 heavy (non-hydrogen) atoms. The van der Waals surface area contributed by atoms with Gasteiger partial charge in [0.2, 0.25) is 0 Å². The average molecular weight is 255 g/mol. The Morgan fingerprint density at radius 3 is 2.74 bits per heavy atom. The first-order valence-electron chi connectivity index (χ1n) is 6.08. The maximum Gasteiger partial charge on any atom is 0.121 e. The third kappa shape index (κ3) is 2.89. The number of nitriles is 1. The van der Waals surface area contributed by atoms with Crippen molar-refractivity contribution < 1.29 is 4.74 Å². The second-order valence-electron chi connectivity index (χ2n) is 4.49. The van der Waals surface area contributed by atoms with Gasteiger partial charge in [-0.05, 0) is 42.3 Å². The van der Waals surface area contributed by atoms with Gasteiger partial charge >= 0.3 is 0 Å². The largest absolute Gasteiger partial charge is 0.496 e. The fraction of sp³-hybridized carbons (Fsp3) is 0.267. The number of ether oxygens (including phenoxy) is 1. The van der Waals surface area contributed by atoms with Gasteiger partial charge in [0.05, 0.1) is 7.11 Å². The minimum atomic E-state index is 0.669. The number of nitrogens with one attached hydrogen (secondary N) is 1. The standard InChI is InChI=1S/C15H17N3O/c1-11-6-13(4-5-15(11)19-3)17-9-12-7-14(8-16)18(2)10-12/h4-7,10,17H,9H2,1-3H3. The molecule has 0 spiro atoms. The second kappa shape index (κ2) is 5.49. The van der Waals surface area contributed by atoms with E-state index in [2.05, 4.69) is 11.4 Å². The van der Waals surface area contributed by atoms with E-state index in [-0.39, 0.29) is 0 Å². The van der Waals surface area contributed by atoms with Crippen LogP contribution >= 0.6 is 0 Å². The molecule has 0 saturated heterocycles. The quantitative estimate of drug-likeness (QED) is 0.914. The lowest BCUT2D eigenvalue weighted by Crippen LogP contribution is -1.99. The van der Waals surface area contributed by atoms with Gasteiger partial charge in [0.1, 0.15) is 17.5 Å². The molecule has 0 radical (unpaired) electrons. The lowest BCUT2D eigenvalue weighted by atomic mass is 10.2. The summed E-state index contributed by atoms with van der Waals surface area (Å²) in [4.78, 5) is 0. The lowest BCUT2D eigenvalue weighted by Gasteiger charge is -2.09. The van der Waals surface area contributed by atoms with Crippen molar-refractivity contribution in [3.8, 4) is 11.8 Å². The fourth-order valence-corrected chi connectivity index (χ4v) is 2.03. The van der Waals surface area contributed by atoms with Gasteiger partial charge in [-0.15, -0.1) is 0 Å². The topological polar surface area (TPSA) is 50.0 Å². The predicted molar refractivity (Wildman–Crippen MR) is 75.2 cm³/mol. The van der Waals surface area contributed by atoms with Gasteiger partial charge in [-0.2, -0.15) is 5.26 Å². The van der Waals surface area contributed by atoms with Crippen molar-refractivity contribution in [2.75, 3.05) is 12.4 Å². The van der Waals surface area contributed by atoms with Crippen molar-refractivity contribution in [1.82, 2.24) is 4.57 Å². The van der Waals surface area contributed by atoms with Crippen LogP contribution in [0.3, 0.4) is 0 Å². The molecule has 0 aliphatic heterocycles. The Morgan fingerprint density at radius 1 is 1.37 bits per heavy atom. The summed E-state index contributed by atoms with van der Waals surface area (Å²) in [5.74, 6) is 0.886. The predicted octanol–water partition coefficient (Wildman–Crippen LogP) is 2.83. The van der Waals surface area contributed by atoms with E-state index in [0.717, 1.165) is 22.6 Å². The fourth-order valence-electron chi connectivity index (χ4n) is 2.03. The van der Waals surface area contributed by atoms with Crippen LogP contribution < -0.4 is 10.1 Å². The Hall–Kier alpha value is -2.41. The summed E-state index contributed by atoms with van der Waals surface area (Å²) in [7, 11) is 3.54. The first kappa shape index (κ1) is 13.0. The van der Waals surface area contributed by atoms with Crippen LogP contribution in [-0.2, 0) is 13.6 Å². The van der Waals surface area contributed by atoms with Crippen LogP contribution in [-0.4, -0.2) is 11.7 Å². The monoisotopic (exact) mass is 255 g/mol. The summed E-state index contributed by atoms with van der Waals surface area (Å²) < 4.78 is 7.06. The number of aromatic nitrogens is 1. The molecular weight excluding hydrogens is 238 g/mol. The number of nitrogens with zero attached hydrogens (tertiary/aromatic N) is 2. The van der Waals surface area contributed by atoms with E-state index in [4.69, 9.17) is 10.00 Å². The van der Waals surface area contributed by atoms with Crippen LogP contribution in [0.2, 0.25) is 0 Å². The zero-order chi connectivity index (χ0) is 13.8. The molecule has 4 nitrogen and oxygen atoms in total. The van der Waals surface area contributed by atoms with E-state index in [1.165, 1.54) is 0 Å². The van der Waals surface area contributed by atoms with E-state index in [1.807, 2.05) is 49.0 Å². The van der Waals surface area contributed by atoms with E-state index < -0.39 is 0 Å². The molecule has 2 aromatic rings. The second-order valence-corrected chi connectivity index (χ2v) is 4.49. The van der Waals surface area contributed by atoms with Crippen LogP contribution in [0.1, 0.15) is 16.8 Å². The highest BCUT2D eigenvalue weighted by atomic mass is 16.5. The first-order valence-corrected chi connectivity index (χ1v) is 6.08. The molecule has 98 valence electrons. The molecule has 4 heteroatoms. The van der Waals surface area contributed by atoms with Crippen molar-refractivity contribution in [3.05, 3.63) is 47.3 Å². The molecule has 0 saturated carbocycles. The van der Waals surface area contributed by atoms with Gasteiger partial charge in [0, 0.05) is 25.5 Å². The van der Waals surface area contributed by atoms with Gasteiger partial charge in [-0.3, -0.25) is 0 Å². The van der Waals surface area contributed by atoms with E-state index in [9.17, 15) is 0 Å². The number of anilines is 1. The number of methoxy groups -OCH3 is 1. The maximum atomic E-state index is 8.91. The Kier molecular flexibility index (Phi) is 3.76. The molecule has 1 heterocycles. The van der Waals surface area contributed by atoms with Crippen molar-refractivity contribution in [3.63, 3.8) is 0 Å². The molecule has 0 aliphatic carbocycles. The Labute approximate surface area is 113 Å². The van der Waals surface area contributed by atoms with Crippen LogP contribution in [0.4, 0.5) is 5.69 Å². The molecule has 0 unspecified atom stereocenters. The smallest absolute Gasteiger partial charge is 0.121 e. The van der Waals surface area contributed by atoms with Crippen LogP contribution in [0, 0.1) is 18.3 Å². The molecular formula is C15H17N3O. The third-order valence-corrected chi connectivity index (χ3v) is 3.07. The number of benzene rings is 1. The summed E-state index contributed by atoms with van der Waals surface area (Å²) in [6, 6.07) is 10.0. The van der Waals surface area contributed by atoms with E-state index >= 15 is 0 Å². The van der Waals surface area contributed by atoms with Crippen LogP contribution in [0.15, 0.2) is 30.5 Å². The molecule has 0 aliphatic rings. The normalized spacial score (nSPS) is 10.0. The van der Waals surface area contributed by atoms with Crippen molar-refractivity contribution >= 4 is 5.69 Å². The Morgan fingerprint density at radius 2 is 2.16 bits per heavy atom. The number of hydrogen-bond donors (Lipinski definition) is 1. The van der Waals surface area contributed by atoms with Gasteiger partial charge < -0.3 is 14.6 Å². The van der Waals surface area contributed by atoms with E-state index in [1.54, 1.807) is 7.11 Å². The Bertz CT molecular complexity index is 623. The summed E-state index contributed by atoms with van der Waals surface area (Å²) in [5.41, 5.74) is 3.90. The molecule has 0 atom stereocenters. The number of aryl methyl sites for hydroxylation is 2. The molecule has 0 bridgehead atoms. The molecule has 1 aromatic heterocycles. The number of hydrogen-bond acceptors (Lipinski definition) is 3. The highest BCUT2D eigenvalue weighted by Crippen LogP contribution is 2.21. The lowest BCUT2D eigenvalue weighted by molar-refractivity contribution is 0.412. The SMILES string of the molecule is COc1ccc(NCc2cc(C#N)n(C)c2)cc1C. The minimum Gasteiger partial charge on any atom is -0.496 e. The minimum absolute atomic E-state index is 0.669. The van der Waals surface area contributed by atoms with E-state index in [0.29, 0.717) is 12.2 Å². The molecule has 0 amide bonds. The highest BCUT2D eigenvalue weighted by Gasteiger charge is 2.03. The van der Waals surface area contributed by atoms with Crippen molar-refractivity contribution in [1.29, 1.82) is 5.26 Å². The maximum absolute atomic E-state index is 8.91. The van der Waals surface area contributed by atoms with Gasteiger partial charge in [0.15, 0.2) is 0 Å². The molecule has 1 N–H and O–H groups in total. The van der Waals surface area contributed by atoms with Gasteiger partial charge in [-0.25, -0.2) is 0 Å². The highest BCUT2D eigenvalue weighted by molar-refractivity contribution is 5.51. The van der Waals surface area contributed by atoms with Crippen molar-refractivity contribution in [2.45, 2.75) is 13.5 Å². The zero-order valence-electron chi connectivity index (χ0n) is 11.4. The van der Waals surface area contributed by atoms with Gasteiger partial charge in [-0.1, -0.05) is 0 Å². The summed E-state index contributed by atoms with van der Waals surface area (Å²) in [6.45, 7) is 2.71. The molecule has 2 rings (SSSR count). The Balaban J connectivity index is 2.06. The summed E-state index contributed by atoms with van der Waals surface area (Å²) >= 11 is 0. The summed E-state index contributed by atoms with van der Waals surface area (Å²) in [5, 5.41) is 12.2. The molecule has 0 fully saturated rings. The first-order chi connectivity index (χ1) is 9.13. The van der Waals surface area contributed by atoms with Crippen molar-refractivity contribution in [2.24, 2.45) is 7.05 Å². The van der Waals surface area contributed by atoms with Gasteiger partial charge in [0.25, 0.3) is 0 Å². The third-order valence-electron chi connectivity index (χ3n) is 3.07. The zero-order valence-corrected chi connectivity index (χ0v) is 11.4. The average Bonchev–Trinajstić information content (AvgIpc) is 2.77. The summed E-state index contributed by atoms with van der Waals surface area (Å²) in [6.07, 6.45) is 1.96. The van der Waals surface area contributed by atoms with Crippen LogP contribution in [0.25, 0.3) is 0 Å². The number of rotatable bonds is 4. The molecule has 1 aromatic carbocycles. The van der Waals surface area contributed by atoms with Crippen LogP contribution in [0.5, 0.6) is 5.75 Å².